The number of benzene rings is 1. The van der Waals surface area contributed by atoms with Gasteiger partial charge in [-0.3, -0.25) is 20.3 Å². The van der Waals surface area contributed by atoms with E-state index in [4.69, 9.17) is 0 Å². The maximum atomic E-state index is 12.2. The Balaban J connectivity index is 1.80. The van der Waals surface area contributed by atoms with Gasteiger partial charge in [-0.25, -0.2) is 14.8 Å². The minimum Gasteiger partial charge on any atom is -0.275 e. The van der Waals surface area contributed by atoms with Gasteiger partial charge < -0.3 is 0 Å². The number of nitrogens with zero attached hydrogens (tertiary/aromatic N) is 2. The molecule has 0 unspecified atom stereocenters. The lowest BCUT2D eigenvalue weighted by atomic mass is 10.2. The normalized spacial score (nSPS) is 14.1. The number of nitrogens with one attached hydrogen (secondary N) is 2. The average molecular weight is 316 g/mol. The standard InChI is InChI=1S/C14H12N4O3S/c1-8-11(12(20)17-18-7-10(19)16-14(18)21)22-13(15-8)9-5-3-2-4-6-9/h2-6H,7H2,1H3,(H,17,20)(H,16,19,21). The molecule has 0 radical (unpaired) electrons. The van der Waals surface area contributed by atoms with Crippen molar-refractivity contribution in [3.8, 4) is 10.6 Å². The van der Waals surface area contributed by atoms with Crippen LogP contribution in [0.25, 0.3) is 10.6 Å². The molecule has 0 bridgehead atoms. The Morgan fingerprint density at radius 3 is 2.68 bits per heavy atom. The number of carbonyl (C=O) groups is 3. The maximum absolute atomic E-state index is 12.2. The fraction of sp³-hybridized carbons (Fsp3) is 0.143. The van der Waals surface area contributed by atoms with E-state index in [0.717, 1.165) is 15.6 Å². The van der Waals surface area contributed by atoms with Gasteiger partial charge in [0, 0.05) is 5.56 Å². The van der Waals surface area contributed by atoms with Crippen molar-refractivity contribution in [2.75, 3.05) is 6.54 Å². The molecule has 1 aromatic carbocycles. The summed E-state index contributed by atoms with van der Waals surface area (Å²) in [5.74, 6) is -0.904. The highest BCUT2D eigenvalue weighted by molar-refractivity contribution is 7.17. The number of hydrogen-bond acceptors (Lipinski definition) is 5. The third-order valence-corrected chi connectivity index (χ3v) is 4.26. The van der Waals surface area contributed by atoms with Crippen molar-refractivity contribution in [3.63, 3.8) is 0 Å². The summed E-state index contributed by atoms with van der Waals surface area (Å²) < 4.78 is 0. The fourth-order valence-electron chi connectivity index (χ4n) is 2.02. The number of imide groups is 1. The first-order chi connectivity index (χ1) is 10.5. The van der Waals surface area contributed by atoms with Crippen molar-refractivity contribution >= 4 is 29.2 Å². The molecule has 2 N–H and O–H groups in total. The summed E-state index contributed by atoms with van der Waals surface area (Å²) in [5, 5.41) is 3.77. The van der Waals surface area contributed by atoms with E-state index in [1.807, 2.05) is 30.3 Å². The molecule has 1 fully saturated rings. The molecule has 1 aromatic heterocycles. The van der Waals surface area contributed by atoms with Crippen LogP contribution in [0.1, 0.15) is 15.4 Å². The first kappa shape index (κ1) is 14.2. The van der Waals surface area contributed by atoms with Crippen molar-refractivity contribution in [2.24, 2.45) is 0 Å². The molecule has 1 aliphatic heterocycles. The number of carbonyl (C=O) groups excluding carboxylic acids is 3. The Bertz CT molecular complexity index is 757. The zero-order valence-corrected chi connectivity index (χ0v) is 12.4. The van der Waals surface area contributed by atoms with E-state index in [2.05, 4.69) is 15.7 Å². The second kappa shape index (κ2) is 5.57. The lowest BCUT2D eigenvalue weighted by Gasteiger charge is -2.13. The van der Waals surface area contributed by atoms with Crippen molar-refractivity contribution in [3.05, 3.63) is 40.9 Å². The number of rotatable bonds is 3. The number of amides is 4. The van der Waals surface area contributed by atoms with Gasteiger partial charge in [-0.15, -0.1) is 11.3 Å². The minimum absolute atomic E-state index is 0.187. The molecule has 22 heavy (non-hydrogen) atoms. The van der Waals surface area contributed by atoms with E-state index < -0.39 is 17.8 Å². The summed E-state index contributed by atoms with van der Waals surface area (Å²) in [4.78, 5) is 39.6. The van der Waals surface area contributed by atoms with Crippen LogP contribution < -0.4 is 10.7 Å². The lowest BCUT2D eigenvalue weighted by Crippen LogP contribution is -2.44. The van der Waals surface area contributed by atoms with E-state index in [-0.39, 0.29) is 6.54 Å². The topological polar surface area (TPSA) is 91.4 Å². The van der Waals surface area contributed by atoms with Crippen LogP contribution in [0, 0.1) is 6.92 Å². The number of hydrogen-bond donors (Lipinski definition) is 2. The molecule has 8 heteroatoms. The van der Waals surface area contributed by atoms with Crippen LogP contribution in [0.15, 0.2) is 30.3 Å². The van der Waals surface area contributed by atoms with Crippen molar-refractivity contribution in [2.45, 2.75) is 6.92 Å². The molecule has 0 aliphatic carbocycles. The molecular formula is C14H12N4O3S. The number of thiazole rings is 1. The van der Waals surface area contributed by atoms with Crippen molar-refractivity contribution in [1.82, 2.24) is 20.7 Å². The van der Waals surface area contributed by atoms with Crippen molar-refractivity contribution < 1.29 is 14.4 Å². The molecule has 1 saturated heterocycles. The largest absolute Gasteiger partial charge is 0.343 e. The highest BCUT2D eigenvalue weighted by atomic mass is 32.1. The molecule has 7 nitrogen and oxygen atoms in total. The van der Waals surface area contributed by atoms with Gasteiger partial charge in [0.15, 0.2) is 0 Å². The summed E-state index contributed by atoms with van der Waals surface area (Å²) in [6, 6.07) is 8.88. The quantitative estimate of drug-likeness (QED) is 0.835. The summed E-state index contributed by atoms with van der Waals surface area (Å²) in [5.41, 5.74) is 3.91. The third-order valence-electron chi connectivity index (χ3n) is 3.05. The molecule has 0 saturated carbocycles. The van der Waals surface area contributed by atoms with Gasteiger partial charge >= 0.3 is 6.03 Å². The van der Waals surface area contributed by atoms with Crippen molar-refractivity contribution in [1.29, 1.82) is 0 Å². The average Bonchev–Trinajstić information content (AvgIpc) is 3.03. The predicted octanol–water partition coefficient (Wildman–Crippen LogP) is 1.32. The van der Waals surface area contributed by atoms with Crippen LogP contribution in [-0.2, 0) is 4.79 Å². The summed E-state index contributed by atoms with van der Waals surface area (Å²) in [6.45, 7) is 1.54. The molecular weight excluding hydrogens is 304 g/mol. The van der Waals surface area contributed by atoms with Crippen LogP contribution in [0.5, 0.6) is 0 Å². The smallest absolute Gasteiger partial charge is 0.275 e. The summed E-state index contributed by atoms with van der Waals surface area (Å²) in [6.07, 6.45) is 0. The Morgan fingerprint density at radius 1 is 1.32 bits per heavy atom. The zero-order chi connectivity index (χ0) is 15.7. The van der Waals surface area contributed by atoms with Crippen LogP contribution in [-0.4, -0.2) is 34.4 Å². The second-order valence-electron chi connectivity index (χ2n) is 4.68. The first-order valence-corrected chi connectivity index (χ1v) is 7.31. The number of aryl methyl sites for hydroxylation is 1. The highest BCUT2D eigenvalue weighted by Crippen LogP contribution is 2.27. The highest BCUT2D eigenvalue weighted by Gasteiger charge is 2.29. The second-order valence-corrected chi connectivity index (χ2v) is 5.68. The van der Waals surface area contributed by atoms with Gasteiger partial charge in [-0.05, 0) is 6.92 Å². The van der Waals surface area contributed by atoms with Gasteiger partial charge in [-0.2, -0.15) is 0 Å². The van der Waals surface area contributed by atoms with Gasteiger partial charge in [0.2, 0.25) is 5.91 Å². The van der Waals surface area contributed by atoms with Crippen LogP contribution in [0.4, 0.5) is 4.79 Å². The molecule has 1 aliphatic rings. The monoisotopic (exact) mass is 316 g/mol. The van der Waals surface area contributed by atoms with Crippen LogP contribution in [0.2, 0.25) is 0 Å². The fourth-order valence-corrected chi connectivity index (χ4v) is 2.98. The lowest BCUT2D eigenvalue weighted by molar-refractivity contribution is -0.118. The van der Waals surface area contributed by atoms with Gasteiger partial charge in [0.05, 0.1) is 5.69 Å². The van der Waals surface area contributed by atoms with Gasteiger partial charge in [0.1, 0.15) is 16.4 Å². The summed E-state index contributed by atoms with van der Waals surface area (Å²) in [7, 11) is 0. The molecule has 2 aromatic rings. The molecule has 2 heterocycles. The van der Waals surface area contributed by atoms with E-state index in [0.29, 0.717) is 10.6 Å². The first-order valence-electron chi connectivity index (χ1n) is 6.50. The Labute approximate surface area is 129 Å². The molecule has 3 rings (SSSR count). The van der Waals surface area contributed by atoms with E-state index in [1.54, 1.807) is 6.92 Å². The third kappa shape index (κ3) is 2.68. The van der Waals surface area contributed by atoms with Gasteiger partial charge in [-0.1, -0.05) is 30.3 Å². The number of aromatic nitrogens is 1. The molecule has 4 amide bonds. The molecule has 0 atom stereocenters. The number of hydrazine groups is 1. The molecule has 0 spiro atoms. The molecule has 112 valence electrons. The predicted molar refractivity (Wildman–Crippen MR) is 80.0 cm³/mol. The number of urea groups is 1. The SMILES string of the molecule is Cc1nc(-c2ccccc2)sc1C(=O)NN1CC(=O)NC1=O. The Kier molecular flexibility index (Phi) is 3.60. The Hall–Kier alpha value is -2.74. The zero-order valence-electron chi connectivity index (χ0n) is 11.6. The van der Waals surface area contributed by atoms with E-state index in [9.17, 15) is 14.4 Å². The van der Waals surface area contributed by atoms with Crippen LogP contribution in [0.3, 0.4) is 0 Å². The van der Waals surface area contributed by atoms with Gasteiger partial charge in [0.25, 0.3) is 5.91 Å². The summed E-state index contributed by atoms with van der Waals surface area (Å²) >= 11 is 1.24. The Morgan fingerprint density at radius 2 is 2.05 bits per heavy atom. The van der Waals surface area contributed by atoms with Crippen LogP contribution >= 0.6 is 11.3 Å². The van der Waals surface area contributed by atoms with E-state index >= 15 is 0 Å². The minimum atomic E-state index is -0.635. The van der Waals surface area contributed by atoms with E-state index in [1.165, 1.54) is 11.3 Å². The maximum Gasteiger partial charge on any atom is 0.343 e.